The fourth-order valence-electron chi connectivity index (χ4n) is 1.22. The first-order chi connectivity index (χ1) is 10.7. The molecule has 0 aliphatic heterocycles. The summed E-state index contributed by atoms with van der Waals surface area (Å²) < 4.78 is 8.88. The summed E-state index contributed by atoms with van der Waals surface area (Å²) >= 11 is 0. The van der Waals surface area contributed by atoms with Gasteiger partial charge in [-0.2, -0.15) is 15.0 Å². The average Bonchev–Trinajstić information content (AvgIpc) is 2.48. The first kappa shape index (κ1) is 21.5. The number of hydroxylamine groups is 1. The highest BCUT2D eigenvalue weighted by atomic mass is 31.2. The molecule has 0 saturated heterocycles. The van der Waals surface area contributed by atoms with E-state index in [1.54, 1.807) is 14.2 Å². The van der Waals surface area contributed by atoms with Crippen LogP contribution < -0.4 is 15.7 Å². The van der Waals surface area contributed by atoms with Gasteiger partial charge in [-0.1, -0.05) is 13.8 Å². The number of aromatic nitrogens is 3. The molecule has 0 aliphatic carbocycles. The minimum atomic E-state index is -4.64. The molecule has 11 nitrogen and oxygen atoms in total. The topological polar surface area (TPSA) is 153 Å². The van der Waals surface area contributed by atoms with E-state index >= 15 is 0 Å². The molecule has 0 spiro atoms. The van der Waals surface area contributed by atoms with Crippen LogP contribution in [0.3, 0.4) is 0 Å². The molecule has 0 unspecified atom stereocenters. The number of nitrogens with one attached hydrogen (secondary N) is 2. The Morgan fingerprint density at radius 2 is 1.43 bits per heavy atom. The molecule has 23 heavy (non-hydrogen) atoms. The Morgan fingerprint density at radius 1 is 1.04 bits per heavy atom. The highest BCUT2D eigenvalue weighted by molar-refractivity contribution is 7.45. The Morgan fingerprint density at radius 3 is 1.74 bits per heavy atom. The van der Waals surface area contributed by atoms with Gasteiger partial charge >= 0.3 is 7.82 Å². The van der Waals surface area contributed by atoms with E-state index in [1.807, 2.05) is 0 Å². The number of hydrogen-bond donors (Lipinski definition) is 5. The Balaban J connectivity index is 0.000000841. The van der Waals surface area contributed by atoms with Crippen LogP contribution in [0.15, 0.2) is 0 Å². The summed E-state index contributed by atoms with van der Waals surface area (Å²) in [6, 6.07) is 0. The molecule has 134 valence electrons. The molecule has 1 aromatic heterocycles. The molecular weight excluding hydrogens is 327 g/mol. The number of nitrogens with zero attached hydrogens (tertiary/aromatic N) is 4. The van der Waals surface area contributed by atoms with Crippen LogP contribution in [0.1, 0.15) is 26.7 Å². The molecule has 1 aromatic rings. The summed E-state index contributed by atoms with van der Waals surface area (Å²) in [5.41, 5.74) is 0. The number of hydrogen-bond acceptors (Lipinski definition) is 8. The lowest BCUT2D eigenvalue weighted by atomic mass is 10.5. The molecule has 1 rings (SSSR count). The van der Waals surface area contributed by atoms with Crippen molar-refractivity contribution in [3.05, 3.63) is 0 Å². The second-order valence-corrected chi connectivity index (χ2v) is 5.36. The van der Waals surface area contributed by atoms with Gasteiger partial charge in [-0.25, -0.2) is 9.63 Å². The zero-order valence-electron chi connectivity index (χ0n) is 13.7. The van der Waals surface area contributed by atoms with Crippen molar-refractivity contribution < 1.29 is 24.1 Å². The van der Waals surface area contributed by atoms with Crippen LogP contribution in [0.4, 0.5) is 17.8 Å². The highest BCUT2D eigenvalue weighted by Gasteiger charge is 2.09. The number of phosphoric acid groups is 1. The van der Waals surface area contributed by atoms with Gasteiger partial charge < -0.3 is 25.3 Å². The van der Waals surface area contributed by atoms with Crippen molar-refractivity contribution in [3.63, 3.8) is 0 Å². The molecule has 5 N–H and O–H groups in total. The molecule has 0 bridgehead atoms. The molecule has 1 heterocycles. The Bertz CT molecular complexity index is 465. The lowest BCUT2D eigenvalue weighted by molar-refractivity contribution is 0.180. The summed E-state index contributed by atoms with van der Waals surface area (Å²) in [7, 11) is -1.31. The van der Waals surface area contributed by atoms with Crippen molar-refractivity contribution in [2.45, 2.75) is 26.7 Å². The summed E-state index contributed by atoms with van der Waals surface area (Å²) in [5, 5.41) is 7.79. The van der Waals surface area contributed by atoms with Gasteiger partial charge in [-0.15, -0.1) is 0 Å². The van der Waals surface area contributed by atoms with Gasteiger partial charge in [-0.3, -0.25) is 4.84 Å². The van der Waals surface area contributed by atoms with E-state index in [1.165, 1.54) is 5.06 Å². The Labute approximate surface area is 135 Å². The molecule has 0 radical (unpaired) electrons. The first-order valence-electron chi connectivity index (χ1n) is 7.01. The molecule has 0 atom stereocenters. The quantitative estimate of drug-likeness (QED) is 0.330. The van der Waals surface area contributed by atoms with E-state index in [0.29, 0.717) is 17.8 Å². The van der Waals surface area contributed by atoms with Crippen LogP contribution in [0.25, 0.3) is 0 Å². The van der Waals surface area contributed by atoms with Crippen LogP contribution in [0, 0.1) is 0 Å². The summed E-state index contributed by atoms with van der Waals surface area (Å²) in [6.45, 7) is 5.83. The maximum Gasteiger partial charge on any atom is 0.466 e. The third kappa shape index (κ3) is 11.7. The van der Waals surface area contributed by atoms with E-state index in [-0.39, 0.29) is 0 Å². The second-order valence-electron chi connectivity index (χ2n) is 4.33. The highest BCUT2D eigenvalue weighted by Crippen LogP contribution is 2.25. The monoisotopic (exact) mass is 352 g/mol. The third-order valence-electron chi connectivity index (χ3n) is 2.25. The van der Waals surface area contributed by atoms with E-state index in [2.05, 4.69) is 39.4 Å². The first-order valence-corrected chi connectivity index (χ1v) is 8.57. The van der Waals surface area contributed by atoms with Gasteiger partial charge in [0.25, 0.3) is 5.95 Å². The molecule has 0 amide bonds. The van der Waals surface area contributed by atoms with Crippen LogP contribution in [0.5, 0.6) is 0 Å². The predicted octanol–water partition coefficient (Wildman–Crippen LogP) is 0.584. The van der Waals surface area contributed by atoms with Crippen LogP contribution in [-0.2, 0) is 9.40 Å². The summed E-state index contributed by atoms with van der Waals surface area (Å²) in [5.74, 6) is 1.60. The van der Waals surface area contributed by atoms with E-state index in [9.17, 15) is 0 Å². The lowest BCUT2D eigenvalue weighted by Gasteiger charge is -2.15. The maximum absolute atomic E-state index is 8.88. The van der Waals surface area contributed by atoms with Gasteiger partial charge in [0.15, 0.2) is 0 Å². The smallest absolute Gasteiger partial charge is 0.354 e. The van der Waals surface area contributed by atoms with Crippen molar-refractivity contribution in [1.82, 2.24) is 15.0 Å². The zero-order valence-corrected chi connectivity index (χ0v) is 14.6. The van der Waals surface area contributed by atoms with Crippen molar-refractivity contribution in [2.75, 3.05) is 42.9 Å². The number of rotatable bonds is 8. The SMILES string of the molecule is CCCNc1nc(NCCC)nc(N(C)OC)n1.O=P(O)(O)O. The normalized spacial score (nSPS) is 10.6. The van der Waals surface area contributed by atoms with Crippen molar-refractivity contribution >= 4 is 25.7 Å². The van der Waals surface area contributed by atoms with Crippen molar-refractivity contribution in [3.8, 4) is 0 Å². The fraction of sp³-hybridized carbons (Fsp3) is 0.727. The van der Waals surface area contributed by atoms with Gasteiger partial charge in [0, 0.05) is 20.1 Å². The van der Waals surface area contributed by atoms with Crippen molar-refractivity contribution in [1.29, 1.82) is 0 Å². The molecular formula is C11H25N6O5P. The third-order valence-corrected chi connectivity index (χ3v) is 2.25. The van der Waals surface area contributed by atoms with Gasteiger partial charge in [0.1, 0.15) is 0 Å². The van der Waals surface area contributed by atoms with Gasteiger partial charge in [0.2, 0.25) is 11.9 Å². The van der Waals surface area contributed by atoms with Gasteiger partial charge in [-0.05, 0) is 12.8 Å². The van der Waals surface area contributed by atoms with Crippen LogP contribution >= 0.6 is 7.82 Å². The molecule has 0 aliphatic rings. The van der Waals surface area contributed by atoms with E-state index in [4.69, 9.17) is 24.1 Å². The fourth-order valence-corrected chi connectivity index (χ4v) is 1.22. The summed E-state index contributed by atoms with van der Waals surface area (Å²) in [4.78, 5) is 39.5. The molecule has 0 saturated carbocycles. The Kier molecular flexibility index (Phi) is 10.4. The van der Waals surface area contributed by atoms with E-state index in [0.717, 1.165) is 25.9 Å². The van der Waals surface area contributed by atoms with Gasteiger partial charge in [0.05, 0.1) is 7.11 Å². The minimum Gasteiger partial charge on any atom is -0.354 e. The predicted molar refractivity (Wildman–Crippen MR) is 87.1 cm³/mol. The second kappa shape index (κ2) is 11.1. The lowest BCUT2D eigenvalue weighted by Crippen LogP contribution is -2.20. The average molecular weight is 352 g/mol. The maximum atomic E-state index is 8.88. The zero-order chi connectivity index (χ0) is 17.9. The standard InChI is InChI=1S/C11H22N6O.H3O4P/c1-5-7-12-9-14-10(13-8-6-2)16-11(15-9)17(3)18-4;1-5(2,3)4/h5-8H2,1-4H3,(H2,12,13,14,15,16);(H3,1,2,3,4). The summed E-state index contributed by atoms with van der Waals surface area (Å²) in [6.07, 6.45) is 2.03. The largest absolute Gasteiger partial charge is 0.466 e. The molecule has 0 aromatic carbocycles. The van der Waals surface area contributed by atoms with Crippen LogP contribution in [-0.4, -0.2) is 56.9 Å². The molecule has 0 fully saturated rings. The van der Waals surface area contributed by atoms with Crippen LogP contribution in [0.2, 0.25) is 0 Å². The number of anilines is 3. The Hall–Kier alpha value is -1.52. The van der Waals surface area contributed by atoms with Crippen molar-refractivity contribution in [2.24, 2.45) is 0 Å². The molecule has 12 heteroatoms. The minimum absolute atomic E-state index is 0.477. The van der Waals surface area contributed by atoms with E-state index < -0.39 is 7.82 Å².